The summed E-state index contributed by atoms with van der Waals surface area (Å²) in [6.45, 7) is 1.89. The van der Waals surface area contributed by atoms with Crippen LogP contribution in [0.4, 0.5) is 5.69 Å². The summed E-state index contributed by atoms with van der Waals surface area (Å²) in [6.07, 6.45) is 2.53. The Morgan fingerprint density at radius 1 is 1.31 bits per heavy atom. The number of aryl methyl sites for hydroxylation is 1. The predicted molar refractivity (Wildman–Crippen MR) is 58.9 cm³/mol. The Hall–Kier alpha value is -2.30. The third kappa shape index (κ3) is 1.75. The normalized spacial score (nSPS) is 10.1. The Morgan fingerprint density at radius 3 is 2.75 bits per heavy atom. The van der Waals surface area contributed by atoms with E-state index in [2.05, 4.69) is 9.97 Å². The van der Waals surface area contributed by atoms with Gasteiger partial charge < -0.3 is 0 Å². The maximum Gasteiger partial charge on any atom is 0.313 e. The molecule has 0 atom stereocenters. The predicted octanol–water partition coefficient (Wildman–Crippen LogP) is 2.36. The van der Waals surface area contributed by atoms with Crippen LogP contribution in [-0.4, -0.2) is 14.9 Å². The summed E-state index contributed by atoms with van der Waals surface area (Å²) in [5.41, 5.74) is 2.00. The molecule has 1 aromatic carbocycles. The van der Waals surface area contributed by atoms with E-state index in [1.54, 1.807) is 0 Å². The number of hydrogen-bond acceptors (Lipinski definition) is 4. The van der Waals surface area contributed by atoms with Gasteiger partial charge in [-0.2, -0.15) is 0 Å². The molecule has 1 aromatic heterocycles. The molecule has 2 aromatic rings. The minimum Gasteiger partial charge on any atom is -0.258 e. The van der Waals surface area contributed by atoms with Crippen LogP contribution in [0.2, 0.25) is 0 Å². The summed E-state index contributed by atoms with van der Waals surface area (Å²) in [6, 6.07) is 7.41. The lowest BCUT2D eigenvalue weighted by Crippen LogP contribution is -1.96. The van der Waals surface area contributed by atoms with Crippen molar-refractivity contribution in [2.45, 2.75) is 6.92 Å². The van der Waals surface area contributed by atoms with Crippen LogP contribution in [0.5, 0.6) is 0 Å². The molecule has 0 aliphatic heterocycles. The number of hydrogen-bond donors (Lipinski definition) is 0. The molecule has 0 aliphatic rings. The molecule has 0 saturated carbocycles. The summed E-state index contributed by atoms with van der Waals surface area (Å²) in [5, 5.41) is 10.8. The van der Waals surface area contributed by atoms with Gasteiger partial charge in [-0.1, -0.05) is 24.3 Å². The van der Waals surface area contributed by atoms with Crippen LogP contribution in [-0.2, 0) is 0 Å². The van der Waals surface area contributed by atoms with Crippen molar-refractivity contribution in [3.63, 3.8) is 0 Å². The largest absolute Gasteiger partial charge is 0.313 e. The molecule has 5 nitrogen and oxygen atoms in total. The quantitative estimate of drug-likeness (QED) is 0.569. The maximum absolute atomic E-state index is 10.8. The van der Waals surface area contributed by atoms with Crippen LogP contribution >= 0.6 is 0 Å². The van der Waals surface area contributed by atoms with Gasteiger partial charge >= 0.3 is 5.69 Å². The Kier molecular flexibility index (Phi) is 2.59. The van der Waals surface area contributed by atoms with Gasteiger partial charge in [-0.05, 0) is 12.5 Å². The van der Waals surface area contributed by atoms with Crippen molar-refractivity contribution in [1.29, 1.82) is 0 Å². The SMILES string of the molecule is Cc1ccccc1-c1ncncc1[N+](=O)[O-]. The van der Waals surface area contributed by atoms with Crippen LogP contribution in [0, 0.1) is 17.0 Å². The highest BCUT2D eigenvalue weighted by Gasteiger charge is 2.17. The first kappa shape index (κ1) is 10.2. The van der Waals surface area contributed by atoms with Crippen molar-refractivity contribution < 1.29 is 4.92 Å². The summed E-state index contributed by atoms with van der Waals surface area (Å²) in [4.78, 5) is 18.0. The number of nitro groups is 1. The fourth-order valence-corrected chi connectivity index (χ4v) is 1.50. The van der Waals surface area contributed by atoms with Gasteiger partial charge in [0, 0.05) is 5.56 Å². The first-order valence-corrected chi connectivity index (χ1v) is 4.70. The van der Waals surface area contributed by atoms with Crippen LogP contribution in [0.3, 0.4) is 0 Å². The highest BCUT2D eigenvalue weighted by Crippen LogP contribution is 2.28. The van der Waals surface area contributed by atoms with E-state index in [0.29, 0.717) is 5.69 Å². The minimum atomic E-state index is -0.470. The zero-order valence-electron chi connectivity index (χ0n) is 8.62. The maximum atomic E-state index is 10.8. The monoisotopic (exact) mass is 215 g/mol. The second-order valence-corrected chi connectivity index (χ2v) is 3.33. The summed E-state index contributed by atoms with van der Waals surface area (Å²) >= 11 is 0. The van der Waals surface area contributed by atoms with Crippen molar-refractivity contribution >= 4 is 5.69 Å². The number of nitrogens with zero attached hydrogens (tertiary/aromatic N) is 3. The third-order valence-corrected chi connectivity index (χ3v) is 2.29. The van der Waals surface area contributed by atoms with Crippen molar-refractivity contribution in [3.05, 3.63) is 52.5 Å². The van der Waals surface area contributed by atoms with Gasteiger partial charge in [0.05, 0.1) is 4.92 Å². The molecular weight excluding hydrogens is 206 g/mol. The van der Waals surface area contributed by atoms with Crippen molar-refractivity contribution in [1.82, 2.24) is 9.97 Å². The highest BCUT2D eigenvalue weighted by molar-refractivity contribution is 5.71. The molecule has 1 heterocycles. The Bertz CT molecular complexity index is 540. The number of rotatable bonds is 2. The number of aromatic nitrogens is 2. The summed E-state index contributed by atoms with van der Waals surface area (Å²) in [5.74, 6) is 0. The first-order valence-electron chi connectivity index (χ1n) is 4.70. The topological polar surface area (TPSA) is 68.9 Å². The van der Waals surface area contributed by atoms with Gasteiger partial charge in [-0.25, -0.2) is 9.97 Å². The molecule has 5 heteroatoms. The van der Waals surface area contributed by atoms with E-state index in [-0.39, 0.29) is 5.69 Å². The lowest BCUT2D eigenvalue weighted by molar-refractivity contribution is -0.384. The molecule has 0 radical (unpaired) electrons. The molecule has 80 valence electrons. The standard InChI is InChI=1S/C11H9N3O2/c1-8-4-2-3-5-9(8)11-10(14(15)16)6-12-7-13-11/h2-7H,1H3. The average molecular weight is 215 g/mol. The van der Waals surface area contributed by atoms with Gasteiger partial charge in [0.15, 0.2) is 5.69 Å². The van der Waals surface area contributed by atoms with E-state index in [4.69, 9.17) is 0 Å². The van der Waals surface area contributed by atoms with Gasteiger partial charge in [0.1, 0.15) is 12.5 Å². The second kappa shape index (κ2) is 4.06. The molecular formula is C11H9N3O2. The minimum absolute atomic E-state index is 0.0724. The molecule has 0 spiro atoms. The van der Waals surface area contributed by atoms with Crippen molar-refractivity contribution in [2.75, 3.05) is 0 Å². The fraction of sp³-hybridized carbons (Fsp3) is 0.0909. The Balaban J connectivity index is 2.65. The fourth-order valence-electron chi connectivity index (χ4n) is 1.50. The Labute approximate surface area is 91.9 Å². The van der Waals surface area contributed by atoms with Crippen LogP contribution < -0.4 is 0 Å². The van der Waals surface area contributed by atoms with Crippen LogP contribution in [0.15, 0.2) is 36.8 Å². The van der Waals surface area contributed by atoms with E-state index in [1.807, 2.05) is 31.2 Å². The van der Waals surface area contributed by atoms with Crippen molar-refractivity contribution in [2.24, 2.45) is 0 Å². The molecule has 0 N–H and O–H groups in total. The van der Waals surface area contributed by atoms with Gasteiger partial charge in [-0.3, -0.25) is 10.1 Å². The smallest absolute Gasteiger partial charge is 0.258 e. The third-order valence-electron chi connectivity index (χ3n) is 2.29. The van der Waals surface area contributed by atoms with E-state index in [0.717, 1.165) is 11.1 Å². The Morgan fingerprint density at radius 2 is 2.06 bits per heavy atom. The zero-order valence-corrected chi connectivity index (χ0v) is 8.62. The second-order valence-electron chi connectivity index (χ2n) is 3.33. The zero-order chi connectivity index (χ0) is 11.5. The van der Waals surface area contributed by atoms with Crippen molar-refractivity contribution in [3.8, 4) is 11.3 Å². The van der Waals surface area contributed by atoms with E-state index in [1.165, 1.54) is 12.5 Å². The summed E-state index contributed by atoms with van der Waals surface area (Å²) in [7, 11) is 0. The van der Waals surface area contributed by atoms with Gasteiger partial charge in [-0.15, -0.1) is 0 Å². The molecule has 0 bridgehead atoms. The molecule has 0 fully saturated rings. The molecule has 0 unspecified atom stereocenters. The molecule has 16 heavy (non-hydrogen) atoms. The molecule has 2 rings (SSSR count). The lowest BCUT2D eigenvalue weighted by Gasteiger charge is -2.04. The van der Waals surface area contributed by atoms with E-state index < -0.39 is 4.92 Å². The van der Waals surface area contributed by atoms with Crippen LogP contribution in [0.25, 0.3) is 11.3 Å². The highest BCUT2D eigenvalue weighted by atomic mass is 16.6. The van der Waals surface area contributed by atoms with E-state index >= 15 is 0 Å². The average Bonchev–Trinajstić information content (AvgIpc) is 2.29. The van der Waals surface area contributed by atoms with Gasteiger partial charge in [0.2, 0.25) is 0 Å². The molecule has 0 saturated heterocycles. The molecule has 0 amide bonds. The van der Waals surface area contributed by atoms with E-state index in [9.17, 15) is 10.1 Å². The molecule has 0 aliphatic carbocycles. The van der Waals surface area contributed by atoms with Crippen LogP contribution in [0.1, 0.15) is 5.56 Å². The number of benzene rings is 1. The summed E-state index contributed by atoms with van der Waals surface area (Å²) < 4.78 is 0. The lowest BCUT2D eigenvalue weighted by atomic mass is 10.0. The first-order chi connectivity index (χ1) is 7.70. The van der Waals surface area contributed by atoms with Gasteiger partial charge in [0.25, 0.3) is 0 Å².